The molecule has 3 rings (SSSR count). The molecule has 3 aromatic rings. The van der Waals surface area contributed by atoms with Crippen molar-refractivity contribution in [3.63, 3.8) is 0 Å². The molecule has 0 aliphatic rings. The predicted octanol–water partition coefficient (Wildman–Crippen LogP) is 3.17. The van der Waals surface area contributed by atoms with Gasteiger partial charge >= 0.3 is 0 Å². The first-order valence-corrected chi connectivity index (χ1v) is 10.6. The number of aliphatic hydroxyl groups is 1. The van der Waals surface area contributed by atoms with Gasteiger partial charge in [0.05, 0.1) is 17.8 Å². The lowest BCUT2D eigenvalue weighted by Gasteiger charge is -2.25. The number of carbonyl (C=O) groups is 1. The molecule has 2 atom stereocenters. The predicted molar refractivity (Wildman–Crippen MR) is 119 cm³/mol. The van der Waals surface area contributed by atoms with Crippen molar-refractivity contribution >= 4 is 5.91 Å². The van der Waals surface area contributed by atoms with Gasteiger partial charge in [-0.2, -0.15) is 0 Å². The molecular weight excluding hydrogens is 412 g/mol. The highest BCUT2D eigenvalue weighted by molar-refractivity contribution is 5.76. The number of amides is 1. The summed E-state index contributed by atoms with van der Waals surface area (Å²) in [5.41, 5.74) is 2.21. The van der Waals surface area contributed by atoms with Crippen LogP contribution in [0, 0.1) is 11.6 Å². The monoisotopic (exact) mass is 439 g/mol. The molecule has 0 fully saturated rings. The van der Waals surface area contributed by atoms with Crippen molar-refractivity contribution in [1.29, 1.82) is 0 Å². The zero-order chi connectivity index (χ0) is 22.8. The minimum absolute atomic E-state index is 0.0954. The summed E-state index contributed by atoms with van der Waals surface area (Å²) < 4.78 is 27.3. The van der Waals surface area contributed by atoms with E-state index in [0.29, 0.717) is 18.5 Å². The van der Waals surface area contributed by atoms with E-state index in [1.807, 2.05) is 48.5 Å². The van der Waals surface area contributed by atoms with Crippen LogP contribution in [0.5, 0.6) is 0 Å². The number of aryl methyl sites for hydroxylation is 1. The molecule has 1 amide bonds. The normalized spacial score (nSPS) is 12.8. The highest BCUT2D eigenvalue weighted by Gasteiger charge is 2.22. The summed E-state index contributed by atoms with van der Waals surface area (Å²) in [4.78, 5) is 16.8. The summed E-state index contributed by atoms with van der Waals surface area (Å²) in [7, 11) is 0. The van der Waals surface area contributed by atoms with Crippen LogP contribution >= 0.6 is 0 Å². The Morgan fingerprint density at radius 2 is 1.69 bits per heavy atom. The first-order valence-electron chi connectivity index (χ1n) is 10.6. The molecule has 1 heterocycles. The Morgan fingerprint density at radius 1 is 0.969 bits per heavy atom. The third-order valence-electron chi connectivity index (χ3n) is 5.06. The largest absolute Gasteiger partial charge is 0.390 e. The maximum absolute atomic E-state index is 13.6. The Balaban J connectivity index is 1.61. The molecule has 32 heavy (non-hydrogen) atoms. The van der Waals surface area contributed by atoms with Crippen LogP contribution in [0.1, 0.15) is 23.2 Å². The van der Waals surface area contributed by atoms with Gasteiger partial charge in [0.15, 0.2) is 0 Å². The van der Waals surface area contributed by atoms with Crippen LogP contribution < -0.4 is 10.6 Å². The fraction of sp³-hybridized carbons (Fsp3) is 0.280. The fourth-order valence-electron chi connectivity index (χ4n) is 3.44. The summed E-state index contributed by atoms with van der Waals surface area (Å²) in [6, 6.07) is 17.7. The maximum Gasteiger partial charge on any atom is 0.220 e. The van der Waals surface area contributed by atoms with E-state index in [-0.39, 0.29) is 25.3 Å². The van der Waals surface area contributed by atoms with E-state index in [0.717, 1.165) is 17.3 Å². The van der Waals surface area contributed by atoms with Crippen LogP contribution in [0.3, 0.4) is 0 Å². The Bertz CT molecular complexity index is 967. The smallest absolute Gasteiger partial charge is 0.220 e. The summed E-state index contributed by atoms with van der Waals surface area (Å²) in [6.45, 7) is 0.624. The molecule has 1 aromatic heterocycles. The van der Waals surface area contributed by atoms with Gasteiger partial charge in [-0.25, -0.2) is 8.78 Å². The van der Waals surface area contributed by atoms with Crippen molar-refractivity contribution in [1.82, 2.24) is 15.6 Å². The van der Waals surface area contributed by atoms with E-state index >= 15 is 0 Å². The van der Waals surface area contributed by atoms with Gasteiger partial charge < -0.3 is 15.7 Å². The first kappa shape index (κ1) is 23.5. The SMILES string of the molecule is O=C(CCc1ccccc1)N[C@@H](Cc1cc(F)cc(F)c1)[C@H](O)CNCc1ccccn1. The van der Waals surface area contributed by atoms with E-state index in [9.17, 15) is 18.7 Å². The molecule has 7 heteroatoms. The molecular formula is C25H27F2N3O2. The first-order chi connectivity index (χ1) is 15.5. The summed E-state index contributed by atoms with van der Waals surface area (Å²) in [5, 5.41) is 16.7. The van der Waals surface area contributed by atoms with Gasteiger partial charge in [-0.1, -0.05) is 36.4 Å². The average molecular weight is 440 g/mol. The van der Waals surface area contributed by atoms with E-state index in [2.05, 4.69) is 15.6 Å². The number of nitrogens with zero attached hydrogens (tertiary/aromatic N) is 1. The van der Waals surface area contributed by atoms with Gasteiger partial charge in [-0.15, -0.1) is 0 Å². The average Bonchev–Trinajstić information content (AvgIpc) is 2.78. The number of pyridine rings is 1. The van der Waals surface area contributed by atoms with Crippen molar-refractivity contribution in [2.75, 3.05) is 6.54 Å². The molecule has 5 nitrogen and oxygen atoms in total. The highest BCUT2D eigenvalue weighted by atomic mass is 19.1. The standard InChI is InChI=1S/C25H27F2N3O2/c26-20-12-19(13-21(27)15-20)14-23(24(31)17-28-16-22-8-4-5-11-29-22)30-25(32)10-9-18-6-2-1-3-7-18/h1-8,11-13,15,23-24,28,31H,9-10,14,16-17H2,(H,30,32)/t23-,24+/m0/s1. The Kier molecular flexibility index (Phi) is 8.83. The minimum atomic E-state index is -0.967. The zero-order valence-electron chi connectivity index (χ0n) is 17.7. The number of aliphatic hydroxyl groups excluding tert-OH is 1. The molecule has 0 aliphatic heterocycles. The summed E-state index contributed by atoms with van der Waals surface area (Å²) >= 11 is 0. The summed E-state index contributed by atoms with van der Waals surface area (Å²) in [6.07, 6.45) is 1.61. The van der Waals surface area contributed by atoms with Crippen LogP contribution in [-0.4, -0.2) is 34.7 Å². The van der Waals surface area contributed by atoms with E-state index in [1.54, 1.807) is 6.20 Å². The fourth-order valence-corrected chi connectivity index (χ4v) is 3.44. The van der Waals surface area contributed by atoms with Crippen LogP contribution in [0.2, 0.25) is 0 Å². The Morgan fingerprint density at radius 3 is 2.38 bits per heavy atom. The lowest BCUT2D eigenvalue weighted by molar-refractivity contribution is -0.122. The second-order valence-electron chi connectivity index (χ2n) is 7.66. The van der Waals surface area contributed by atoms with Gasteiger partial charge in [-0.3, -0.25) is 9.78 Å². The van der Waals surface area contributed by atoms with E-state index < -0.39 is 23.8 Å². The van der Waals surface area contributed by atoms with Gasteiger partial charge in [0, 0.05) is 31.8 Å². The lowest BCUT2D eigenvalue weighted by atomic mass is 10.00. The van der Waals surface area contributed by atoms with Crippen molar-refractivity contribution in [3.8, 4) is 0 Å². The van der Waals surface area contributed by atoms with E-state index in [1.165, 1.54) is 12.1 Å². The number of benzene rings is 2. The van der Waals surface area contributed by atoms with Crippen molar-refractivity contribution in [2.45, 2.75) is 38.0 Å². The second kappa shape index (κ2) is 12.0. The molecule has 0 radical (unpaired) electrons. The number of rotatable bonds is 11. The second-order valence-corrected chi connectivity index (χ2v) is 7.66. The highest BCUT2D eigenvalue weighted by Crippen LogP contribution is 2.12. The van der Waals surface area contributed by atoms with Crippen molar-refractivity contribution < 1.29 is 18.7 Å². The number of hydrogen-bond acceptors (Lipinski definition) is 4. The lowest BCUT2D eigenvalue weighted by Crippen LogP contribution is -2.48. The molecule has 0 aliphatic carbocycles. The number of halogens is 2. The zero-order valence-corrected chi connectivity index (χ0v) is 17.7. The minimum Gasteiger partial charge on any atom is -0.390 e. The quantitative estimate of drug-likeness (QED) is 0.429. The van der Waals surface area contributed by atoms with Gasteiger partial charge in [0.1, 0.15) is 11.6 Å². The Labute approximate surface area is 186 Å². The molecule has 0 unspecified atom stereocenters. The number of aromatic nitrogens is 1. The molecule has 0 saturated heterocycles. The van der Waals surface area contributed by atoms with Gasteiger partial charge in [0.2, 0.25) is 5.91 Å². The van der Waals surface area contributed by atoms with Crippen LogP contribution in [0.15, 0.2) is 72.9 Å². The van der Waals surface area contributed by atoms with Gasteiger partial charge in [0.25, 0.3) is 0 Å². The Hall–Kier alpha value is -3.16. The van der Waals surface area contributed by atoms with Gasteiger partial charge in [-0.05, 0) is 48.2 Å². The molecule has 3 N–H and O–H groups in total. The maximum atomic E-state index is 13.6. The summed E-state index contributed by atoms with van der Waals surface area (Å²) in [5.74, 6) is -1.63. The van der Waals surface area contributed by atoms with E-state index in [4.69, 9.17) is 0 Å². The topological polar surface area (TPSA) is 74.2 Å². The van der Waals surface area contributed by atoms with Crippen LogP contribution in [0.25, 0.3) is 0 Å². The third-order valence-corrected chi connectivity index (χ3v) is 5.06. The molecule has 0 saturated carbocycles. The number of nitrogens with one attached hydrogen (secondary N) is 2. The van der Waals surface area contributed by atoms with Crippen LogP contribution in [-0.2, 0) is 24.2 Å². The molecule has 0 spiro atoms. The van der Waals surface area contributed by atoms with Crippen molar-refractivity contribution in [2.24, 2.45) is 0 Å². The molecule has 168 valence electrons. The third kappa shape index (κ3) is 7.83. The number of hydrogen-bond donors (Lipinski definition) is 3. The van der Waals surface area contributed by atoms with Crippen molar-refractivity contribution in [3.05, 3.63) is 101 Å². The van der Waals surface area contributed by atoms with Crippen LogP contribution in [0.4, 0.5) is 8.78 Å². The number of carbonyl (C=O) groups excluding carboxylic acids is 1. The molecule has 2 aromatic carbocycles. The molecule has 0 bridgehead atoms.